The predicted octanol–water partition coefficient (Wildman–Crippen LogP) is 5.23. The Morgan fingerprint density at radius 2 is 1.04 bits per heavy atom. The lowest BCUT2D eigenvalue weighted by molar-refractivity contribution is -0.125. The number of hydrogen-bond donors (Lipinski definition) is 0. The molecule has 0 saturated carbocycles. The Kier molecular flexibility index (Phi) is 6.38. The first-order valence-corrected chi connectivity index (χ1v) is 9.67. The first-order valence-electron chi connectivity index (χ1n) is 9.67. The summed E-state index contributed by atoms with van der Waals surface area (Å²) in [6.07, 6.45) is 1.19. The second kappa shape index (κ2) is 8.22. The minimum absolute atomic E-state index is 0.0510. The van der Waals surface area contributed by atoms with Gasteiger partial charge in [0.05, 0.1) is 0 Å². The highest BCUT2D eigenvalue weighted by Crippen LogP contribution is 2.26. The minimum atomic E-state index is -0.458. The zero-order valence-electron chi connectivity index (χ0n) is 17.8. The van der Waals surface area contributed by atoms with Gasteiger partial charge in [-0.2, -0.15) is 0 Å². The van der Waals surface area contributed by atoms with Crippen LogP contribution in [0, 0.1) is 10.8 Å². The van der Waals surface area contributed by atoms with Crippen molar-refractivity contribution >= 4 is 17.3 Å². The van der Waals surface area contributed by atoms with Gasteiger partial charge in [-0.1, -0.05) is 64.1 Å². The Bertz CT molecular complexity index is 830. The van der Waals surface area contributed by atoms with Crippen LogP contribution in [-0.4, -0.2) is 17.3 Å². The van der Waals surface area contributed by atoms with Crippen LogP contribution in [0.25, 0.3) is 0 Å². The van der Waals surface area contributed by atoms with Gasteiger partial charge >= 0.3 is 0 Å². The molecule has 0 aromatic heterocycles. The number of carbonyl (C=O) groups is 3. The maximum Gasteiger partial charge on any atom is 0.193 e. The highest BCUT2D eigenvalue weighted by atomic mass is 16.1. The topological polar surface area (TPSA) is 51.2 Å². The summed E-state index contributed by atoms with van der Waals surface area (Å²) in [5.74, 6) is 0.208. The van der Waals surface area contributed by atoms with Crippen LogP contribution in [0.3, 0.4) is 0 Å². The highest BCUT2D eigenvalue weighted by molar-refractivity contribution is 6.09. The summed E-state index contributed by atoms with van der Waals surface area (Å²) in [6, 6.07) is 15.0. The zero-order chi connectivity index (χ0) is 21.1. The highest BCUT2D eigenvalue weighted by Gasteiger charge is 2.25. The molecular weight excluding hydrogens is 348 g/mol. The Morgan fingerprint density at radius 3 is 1.36 bits per heavy atom. The van der Waals surface area contributed by atoms with Crippen molar-refractivity contribution in [3.05, 3.63) is 70.8 Å². The summed E-state index contributed by atoms with van der Waals surface area (Å²) in [5, 5.41) is 0. The molecule has 28 heavy (non-hydrogen) atoms. The molecule has 0 bridgehead atoms. The van der Waals surface area contributed by atoms with Gasteiger partial charge in [0.2, 0.25) is 0 Å². The molecule has 2 aromatic rings. The van der Waals surface area contributed by atoms with Gasteiger partial charge in [-0.05, 0) is 49.9 Å². The van der Waals surface area contributed by atoms with E-state index in [0.717, 1.165) is 11.1 Å². The van der Waals surface area contributed by atoms with Crippen molar-refractivity contribution in [2.75, 3.05) is 0 Å². The summed E-state index contributed by atoms with van der Waals surface area (Å²) in [4.78, 5) is 36.7. The average molecular weight is 379 g/mol. The van der Waals surface area contributed by atoms with Gasteiger partial charge in [0.25, 0.3) is 0 Å². The van der Waals surface area contributed by atoms with Gasteiger partial charge in [-0.3, -0.25) is 14.4 Å². The second-order valence-corrected chi connectivity index (χ2v) is 8.96. The van der Waals surface area contributed by atoms with E-state index < -0.39 is 10.8 Å². The van der Waals surface area contributed by atoms with Crippen LogP contribution < -0.4 is 0 Å². The quantitative estimate of drug-likeness (QED) is 0.591. The first kappa shape index (κ1) is 21.7. The van der Waals surface area contributed by atoms with Crippen LogP contribution in [0.2, 0.25) is 0 Å². The Morgan fingerprint density at radius 1 is 0.679 bits per heavy atom. The summed E-state index contributed by atoms with van der Waals surface area (Å²) >= 11 is 0. The van der Waals surface area contributed by atoms with Crippen LogP contribution in [-0.2, 0) is 22.4 Å². The number of rotatable bonds is 8. The van der Waals surface area contributed by atoms with E-state index in [9.17, 15) is 14.4 Å². The van der Waals surface area contributed by atoms with Gasteiger partial charge in [0.1, 0.15) is 11.6 Å². The zero-order valence-corrected chi connectivity index (χ0v) is 17.8. The number of hydrogen-bond acceptors (Lipinski definition) is 3. The van der Waals surface area contributed by atoms with Crippen molar-refractivity contribution in [1.29, 1.82) is 0 Å². The molecule has 3 nitrogen and oxygen atoms in total. The minimum Gasteiger partial charge on any atom is -0.299 e. The van der Waals surface area contributed by atoms with Crippen molar-refractivity contribution in [3.8, 4) is 0 Å². The number of benzene rings is 2. The van der Waals surface area contributed by atoms with E-state index in [1.807, 2.05) is 64.1 Å². The molecule has 0 amide bonds. The normalized spacial score (nSPS) is 11.9. The standard InChI is InChI=1S/C25H30O3/c1-17(26)24(3,4)15-19-9-7-11-21(13-19)23(28)22-12-8-10-20(14-22)16-25(5,6)18(2)27/h7-14H,15-16H2,1-6H3. The molecule has 0 N–H and O–H groups in total. The fourth-order valence-corrected chi connectivity index (χ4v) is 3.08. The average Bonchev–Trinajstić information content (AvgIpc) is 2.60. The molecule has 0 aliphatic carbocycles. The van der Waals surface area contributed by atoms with Crippen molar-refractivity contribution in [1.82, 2.24) is 0 Å². The molecule has 0 aliphatic heterocycles. The molecule has 3 heteroatoms. The predicted molar refractivity (Wildman–Crippen MR) is 113 cm³/mol. The van der Waals surface area contributed by atoms with Gasteiger partial charge < -0.3 is 0 Å². The third-order valence-electron chi connectivity index (χ3n) is 5.58. The summed E-state index contributed by atoms with van der Waals surface area (Å²) in [7, 11) is 0. The van der Waals surface area contributed by atoms with Gasteiger partial charge in [-0.25, -0.2) is 0 Å². The van der Waals surface area contributed by atoms with E-state index in [1.165, 1.54) is 0 Å². The Hall–Kier alpha value is -2.55. The van der Waals surface area contributed by atoms with Crippen LogP contribution in [0.15, 0.2) is 48.5 Å². The monoisotopic (exact) mass is 378 g/mol. The fraction of sp³-hybridized carbons (Fsp3) is 0.400. The van der Waals surface area contributed by atoms with Crippen LogP contribution in [0.4, 0.5) is 0 Å². The molecule has 148 valence electrons. The number of ketones is 3. The first-order chi connectivity index (χ1) is 12.9. The fourth-order valence-electron chi connectivity index (χ4n) is 3.08. The van der Waals surface area contributed by atoms with Crippen LogP contribution in [0.5, 0.6) is 0 Å². The largest absolute Gasteiger partial charge is 0.299 e. The van der Waals surface area contributed by atoms with E-state index >= 15 is 0 Å². The van der Waals surface area contributed by atoms with Crippen molar-refractivity contribution in [2.45, 2.75) is 54.4 Å². The molecule has 0 radical (unpaired) electrons. The molecular formula is C25H30O3. The lowest BCUT2D eigenvalue weighted by Crippen LogP contribution is -2.24. The molecule has 2 rings (SSSR count). The Balaban J connectivity index is 2.27. The summed E-state index contributed by atoms with van der Waals surface area (Å²) < 4.78 is 0. The third kappa shape index (κ3) is 5.25. The molecule has 0 spiro atoms. The van der Waals surface area contributed by atoms with E-state index in [4.69, 9.17) is 0 Å². The summed E-state index contributed by atoms with van der Waals surface area (Å²) in [5.41, 5.74) is 2.25. The number of carbonyl (C=O) groups excluding carboxylic acids is 3. The molecule has 0 aliphatic rings. The second-order valence-electron chi connectivity index (χ2n) is 8.96. The van der Waals surface area contributed by atoms with Gasteiger partial charge in [-0.15, -0.1) is 0 Å². The molecule has 0 heterocycles. The third-order valence-corrected chi connectivity index (χ3v) is 5.58. The van der Waals surface area contributed by atoms with Crippen molar-refractivity contribution in [2.24, 2.45) is 10.8 Å². The van der Waals surface area contributed by atoms with Crippen LogP contribution >= 0.6 is 0 Å². The smallest absolute Gasteiger partial charge is 0.193 e. The van der Waals surface area contributed by atoms with Crippen molar-refractivity contribution in [3.63, 3.8) is 0 Å². The van der Waals surface area contributed by atoms with Gasteiger partial charge in [0.15, 0.2) is 5.78 Å². The molecule has 0 saturated heterocycles. The van der Waals surface area contributed by atoms with E-state index in [-0.39, 0.29) is 17.3 Å². The number of Topliss-reactive ketones (excluding diaryl/α,β-unsaturated/α-hetero) is 2. The molecule has 2 aromatic carbocycles. The maximum atomic E-state index is 13.0. The van der Waals surface area contributed by atoms with E-state index in [2.05, 4.69) is 0 Å². The molecule has 0 atom stereocenters. The lowest BCUT2D eigenvalue weighted by atomic mass is 9.81. The maximum absolute atomic E-state index is 13.0. The lowest BCUT2D eigenvalue weighted by Gasteiger charge is -2.21. The van der Waals surface area contributed by atoms with E-state index in [1.54, 1.807) is 26.0 Å². The molecule has 0 unspecified atom stereocenters. The molecule has 0 fully saturated rings. The van der Waals surface area contributed by atoms with Gasteiger partial charge in [0, 0.05) is 22.0 Å². The SMILES string of the molecule is CC(=O)C(C)(C)Cc1cccc(C(=O)c2cccc(CC(C)(C)C(C)=O)c2)c1. The summed E-state index contributed by atoms with van der Waals surface area (Å²) in [6.45, 7) is 10.9. The van der Waals surface area contributed by atoms with E-state index in [0.29, 0.717) is 24.0 Å². The Labute approximate surface area is 168 Å². The van der Waals surface area contributed by atoms with Crippen LogP contribution in [0.1, 0.15) is 68.6 Å². The van der Waals surface area contributed by atoms with Crippen molar-refractivity contribution < 1.29 is 14.4 Å².